The summed E-state index contributed by atoms with van der Waals surface area (Å²) in [6.07, 6.45) is -10.0. The number of benzene rings is 9. The Labute approximate surface area is 457 Å². The third-order valence-corrected chi connectivity index (χ3v) is 13.6. The van der Waals surface area contributed by atoms with Crippen LogP contribution in [0.5, 0.6) is 0 Å². The number of hydrogen-bond acceptors (Lipinski definition) is 6. The van der Waals surface area contributed by atoms with Gasteiger partial charge in [-0.15, -0.1) is 0 Å². The van der Waals surface area contributed by atoms with E-state index >= 15 is 26.3 Å². The van der Waals surface area contributed by atoms with Crippen LogP contribution in [0.3, 0.4) is 0 Å². The lowest BCUT2D eigenvalue weighted by molar-refractivity contribution is -0.137. The Morgan fingerprint density at radius 3 is 1.27 bits per heavy atom. The van der Waals surface area contributed by atoms with E-state index in [4.69, 9.17) is 34.7 Å². The van der Waals surface area contributed by atoms with Crippen LogP contribution in [0.25, 0.3) is 121 Å². The molecule has 0 saturated heterocycles. The van der Waals surface area contributed by atoms with Gasteiger partial charge in [-0.1, -0.05) is 115 Å². The Morgan fingerprint density at radius 1 is 0.407 bits per heavy atom. The number of alkyl halides is 6. The molecule has 16 heteroatoms. The molecule has 0 atom stereocenters. The Hall–Kier alpha value is -11.7. The van der Waals surface area contributed by atoms with Gasteiger partial charge in [0.2, 0.25) is 0 Å². The first-order valence-corrected chi connectivity index (χ1v) is 24.3. The molecule has 11 rings (SSSR count). The van der Waals surface area contributed by atoms with Crippen LogP contribution in [0.15, 0.2) is 182 Å². The van der Waals surface area contributed by atoms with E-state index in [2.05, 4.69) is 26.7 Å². The van der Waals surface area contributed by atoms with Crippen LogP contribution < -0.4 is 0 Å². The molecule has 81 heavy (non-hydrogen) atoms. The summed E-state index contributed by atoms with van der Waals surface area (Å²) in [6, 6.07) is 50.8. The van der Waals surface area contributed by atoms with Gasteiger partial charge in [0, 0.05) is 60.8 Å². The molecule has 0 N–H and O–H groups in total. The van der Waals surface area contributed by atoms with E-state index in [1.54, 1.807) is 102 Å². The van der Waals surface area contributed by atoms with Crippen molar-refractivity contribution in [3.63, 3.8) is 0 Å². The second-order valence-corrected chi connectivity index (χ2v) is 18.3. The van der Waals surface area contributed by atoms with Gasteiger partial charge < -0.3 is 4.57 Å². The molecule has 382 valence electrons. The zero-order chi connectivity index (χ0) is 56.7. The molecule has 9 aromatic carbocycles. The Balaban J connectivity index is 1.34. The maximum Gasteiger partial charge on any atom is 0.417 e. The van der Waals surface area contributed by atoms with E-state index in [0.717, 1.165) is 12.1 Å². The molecule has 0 saturated carbocycles. The molecule has 0 aliphatic carbocycles. The van der Waals surface area contributed by atoms with Crippen LogP contribution in [0.4, 0.5) is 43.4 Å². The van der Waals surface area contributed by atoms with Gasteiger partial charge in [-0.2, -0.15) is 42.1 Å². The van der Waals surface area contributed by atoms with Crippen LogP contribution >= 0.6 is 0 Å². The number of fused-ring (bicyclic) bond motifs is 3. The van der Waals surface area contributed by atoms with Gasteiger partial charge in [-0.25, -0.2) is 29.5 Å². The summed E-state index contributed by atoms with van der Waals surface area (Å²) in [5.41, 5.74) is -1.26. The van der Waals surface area contributed by atoms with Crippen molar-refractivity contribution in [1.82, 2.24) is 19.5 Å². The highest BCUT2D eigenvalue weighted by molar-refractivity contribution is 6.14. The van der Waals surface area contributed by atoms with E-state index in [-0.39, 0.29) is 95.8 Å². The molecule has 0 radical (unpaired) electrons. The van der Waals surface area contributed by atoms with Crippen molar-refractivity contribution >= 4 is 38.9 Å². The van der Waals surface area contributed by atoms with Gasteiger partial charge in [0.15, 0.2) is 34.5 Å². The maximum absolute atomic E-state index is 15.7. The predicted molar refractivity (Wildman–Crippen MR) is 295 cm³/mol. The zero-order valence-electron chi connectivity index (χ0n) is 41.6. The highest BCUT2D eigenvalue weighted by atomic mass is 19.4. The molecule has 0 amide bonds. The second kappa shape index (κ2) is 20.4. The van der Waals surface area contributed by atoms with E-state index in [0.29, 0.717) is 33.0 Å². The van der Waals surface area contributed by atoms with Crippen molar-refractivity contribution in [2.45, 2.75) is 12.4 Å². The van der Waals surface area contributed by atoms with Crippen LogP contribution in [-0.4, -0.2) is 19.5 Å². The lowest BCUT2D eigenvalue weighted by atomic mass is 9.88. The topological polar surface area (TPSA) is 128 Å². The van der Waals surface area contributed by atoms with Crippen molar-refractivity contribution in [1.29, 1.82) is 15.8 Å². The van der Waals surface area contributed by atoms with Gasteiger partial charge in [0.05, 0.1) is 71.3 Å². The largest absolute Gasteiger partial charge is 0.417 e. The van der Waals surface area contributed by atoms with Crippen LogP contribution in [0.1, 0.15) is 27.8 Å². The van der Waals surface area contributed by atoms with E-state index < -0.39 is 34.6 Å². The SMILES string of the molecule is [C-]#[N+]c1cc(C#N)c(-c2ccc3c(c2)c2cc(-c4c(C#N)cc(C#N)cc4[N+]#[C-])ccc2n3-c2c(-c3ccccc3C(F)(F)F)cc(-c3nc(-c4ccccc4)nc(-c4ccccc4)n3)cc2-c2ccccc2C(F)(F)F)c([N+]#[C-])c1. The smallest absolute Gasteiger partial charge is 0.308 e. The third-order valence-electron chi connectivity index (χ3n) is 13.6. The molecular formula is C65H30F6N10. The van der Waals surface area contributed by atoms with Gasteiger partial charge >= 0.3 is 12.4 Å². The number of aromatic nitrogens is 4. The normalized spacial score (nSPS) is 11.3. The minimum Gasteiger partial charge on any atom is -0.308 e. The average Bonchev–Trinajstić information content (AvgIpc) is 4.11. The lowest BCUT2D eigenvalue weighted by Gasteiger charge is -2.24. The summed E-state index contributed by atoms with van der Waals surface area (Å²) in [4.78, 5) is 25.3. The summed E-state index contributed by atoms with van der Waals surface area (Å²) in [6.45, 7) is 23.9. The van der Waals surface area contributed by atoms with Crippen LogP contribution in [0, 0.1) is 53.7 Å². The fourth-order valence-corrected chi connectivity index (χ4v) is 10.2. The minimum atomic E-state index is -5.02. The van der Waals surface area contributed by atoms with Crippen molar-refractivity contribution < 1.29 is 26.3 Å². The van der Waals surface area contributed by atoms with Crippen LogP contribution in [-0.2, 0) is 12.4 Å². The monoisotopic (exact) mass is 1060 g/mol. The fourth-order valence-electron chi connectivity index (χ4n) is 10.2. The van der Waals surface area contributed by atoms with Gasteiger partial charge in [-0.05, 0) is 89.0 Å². The number of hydrogen-bond donors (Lipinski definition) is 0. The molecule has 0 unspecified atom stereocenters. The Bertz CT molecular complexity index is 4340. The summed E-state index contributed by atoms with van der Waals surface area (Å²) >= 11 is 0. The number of nitriles is 3. The molecule has 2 aromatic heterocycles. The standard InChI is InChI=1S/C65H30F6N10/c1-75-45-28-44(36-74)59(55(33-45)77-3)41-23-25-57-49(30-41)48-29-40(58-43(35-73)26-37(34-72)27-54(58)76-2)22-24-56(48)81(57)60-50(46-18-10-12-20-52(46)64(66,67)68)31-42(32-51(60)47-19-11-13-21-53(47)65(69,70)71)63-79-61(38-14-6-4-7-15-38)78-62(80-63)39-16-8-5-9-17-39/h4-33H. The molecule has 0 fully saturated rings. The van der Waals surface area contributed by atoms with Crippen molar-refractivity contribution in [3.8, 4) is 103 Å². The van der Waals surface area contributed by atoms with Crippen molar-refractivity contribution in [2.75, 3.05) is 0 Å². The fraction of sp³-hybridized carbons (Fsp3) is 0.0308. The molecule has 0 spiro atoms. The molecule has 0 bridgehead atoms. The first-order chi connectivity index (χ1) is 39.1. The first kappa shape index (κ1) is 51.4. The Morgan fingerprint density at radius 2 is 0.840 bits per heavy atom. The number of rotatable bonds is 8. The molecule has 11 aromatic rings. The second-order valence-electron chi connectivity index (χ2n) is 18.3. The number of halogens is 6. The highest BCUT2D eigenvalue weighted by Crippen LogP contribution is 2.50. The first-order valence-electron chi connectivity index (χ1n) is 24.3. The lowest BCUT2D eigenvalue weighted by Crippen LogP contribution is -2.11. The summed E-state index contributed by atoms with van der Waals surface area (Å²) in [5.74, 6) is 0.251. The Kier molecular flexibility index (Phi) is 12.9. The van der Waals surface area contributed by atoms with Gasteiger partial charge in [-0.3, -0.25) is 0 Å². The third kappa shape index (κ3) is 9.24. The zero-order valence-corrected chi connectivity index (χ0v) is 41.6. The minimum absolute atomic E-state index is 0.0203. The molecule has 2 heterocycles. The quantitative estimate of drug-likeness (QED) is 0.110. The summed E-state index contributed by atoms with van der Waals surface area (Å²) in [7, 11) is 0. The predicted octanol–water partition coefficient (Wildman–Crippen LogP) is 17.9. The van der Waals surface area contributed by atoms with E-state index in [1.165, 1.54) is 72.8 Å². The molecule has 10 nitrogen and oxygen atoms in total. The van der Waals surface area contributed by atoms with Gasteiger partial charge in [0.25, 0.3) is 0 Å². The van der Waals surface area contributed by atoms with E-state index in [9.17, 15) is 15.8 Å². The molecule has 0 aliphatic heterocycles. The van der Waals surface area contributed by atoms with Crippen LogP contribution in [0.2, 0.25) is 0 Å². The van der Waals surface area contributed by atoms with Gasteiger partial charge in [0.1, 0.15) is 0 Å². The highest BCUT2D eigenvalue weighted by Gasteiger charge is 2.38. The molecular weight excluding hydrogens is 1030 g/mol. The molecule has 0 aliphatic rings. The van der Waals surface area contributed by atoms with Crippen molar-refractivity contribution in [3.05, 3.63) is 244 Å². The summed E-state index contributed by atoms with van der Waals surface area (Å²) < 4.78 is 95.8. The summed E-state index contributed by atoms with van der Waals surface area (Å²) in [5, 5.41) is 31.3. The number of nitrogens with zero attached hydrogens (tertiary/aromatic N) is 10. The average molecular weight is 1070 g/mol. The van der Waals surface area contributed by atoms with E-state index in [1.807, 2.05) is 6.07 Å². The maximum atomic E-state index is 15.7. The van der Waals surface area contributed by atoms with Crippen molar-refractivity contribution in [2.24, 2.45) is 0 Å².